The summed E-state index contributed by atoms with van der Waals surface area (Å²) in [6.45, 7) is 3.07. The Balaban J connectivity index is 1.62. The topological polar surface area (TPSA) is 36.4 Å². The molecule has 1 aliphatic heterocycles. The molecule has 0 aromatic carbocycles. The number of rotatable bonds is 2. The van der Waals surface area contributed by atoms with Crippen LogP contribution in [0.15, 0.2) is 22.8 Å². The second-order valence-electron chi connectivity index (χ2n) is 5.23. The van der Waals surface area contributed by atoms with Crippen LogP contribution in [0.3, 0.4) is 0 Å². The summed E-state index contributed by atoms with van der Waals surface area (Å²) in [5, 5.41) is 9.87. The van der Waals surface area contributed by atoms with Crippen LogP contribution in [-0.2, 0) is 6.54 Å². The van der Waals surface area contributed by atoms with Gasteiger partial charge in [0.15, 0.2) is 0 Å². The number of aliphatic hydroxyl groups is 1. The zero-order chi connectivity index (χ0) is 11.8. The van der Waals surface area contributed by atoms with E-state index in [-0.39, 0.29) is 6.10 Å². The fourth-order valence-corrected chi connectivity index (χ4v) is 3.42. The molecule has 2 fully saturated rings. The average Bonchev–Trinajstić information content (AvgIpc) is 2.85. The number of nitrogens with zero attached hydrogens (tertiary/aromatic N) is 2. The van der Waals surface area contributed by atoms with Crippen molar-refractivity contribution in [2.45, 2.75) is 25.5 Å². The van der Waals surface area contributed by atoms with Crippen molar-refractivity contribution in [3.05, 3.63) is 28.5 Å². The summed E-state index contributed by atoms with van der Waals surface area (Å²) in [6.07, 6.45) is 3.97. The lowest BCUT2D eigenvalue weighted by atomic mass is 10.00. The maximum Gasteiger partial charge on any atom is 0.0583 e. The maximum absolute atomic E-state index is 9.87. The van der Waals surface area contributed by atoms with Gasteiger partial charge in [0.05, 0.1) is 11.8 Å². The highest BCUT2D eigenvalue weighted by atomic mass is 79.9. The molecule has 1 aromatic heterocycles. The number of pyridine rings is 1. The molecular weight excluding hydrogens is 280 g/mol. The molecule has 3 nitrogen and oxygen atoms in total. The monoisotopic (exact) mass is 296 g/mol. The molecule has 92 valence electrons. The Hall–Kier alpha value is -0.450. The van der Waals surface area contributed by atoms with Gasteiger partial charge in [0.2, 0.25) is 0 Å². The van der Waals surface area contributed by atoms with Crippen molar-refractivity contribution in [3.63, 3.8) is 0 Å². The molecule has 2 aliphatic rings. The summed E-state index contributed by atoms with van der Waals surface area (Å²) in [4.78, 5) is 6.83. The zero-order valence-electron chi connectivity index (χ0n) is 9.72. The molecule has 0 radical (unpaired) electrons. The molecule has 1 aliphatic carbocycles. The third-order valence-corrected chi connectivity index (χ3v) is 4.54. The predicted octanol–water partition coefficient (Wildman–Crippen LogP) is 2.05. The summed E-state index contributed by atoms with van der Waals surface area (Å²) in [5.74, 6) is 1.21. The largest absolute Gasteiger partial charge is 0.393 e. The van der Waals surface area contributed by atoms with Crippen LogP contribution in [0.5, 0.6) is 0 Å². The van der Waals surface area contributed by atoms with Crippen molar-refractivity contribution in [3.8, 4) is 0 Å². The van der Waals surface area contributed by atoms with Crippen LogP contribution in [0.1, 0.15) is 18.5 Å². The quantitative estimate of drug-likeness (QED) is 0.907. The Morgan fingerprint density at radius 2 is 2.24 bits per heavy atom. The summed E-state index contributed by atoms with van der Waals surface area (Å²) in [7, 11) is 0. The molecule has 0 spiro atoms. The van der Waals surface area contributed by atoms with E-state index in [9.17, 15) is 5.11 Å². The van der Waals surface area contributed by atoms with E-state index < -0.39 is 0 Å². The van der Waals surface area contributed by atoms with Gasteiger partial charge in [-0.3, -0.25) is 9.88 Å². The van der Waals surface area contributed by atoms with Crippen LogP contribution < -0.4 is 0 Å². The minimum Gasteiger partial charge on any atom is -0.393 e. The van der Waals surface area contributed by atoms with Gasteiger partial charge >= 0.3 is 0 Å². The van der Waals surface area contributed by atoms with E-state index >= 15 is 0 Å². The van der Waals surface area contributed by atoms with Gasteiger partial charge < -0.3 is 5.11 Å². The summed E-state index contributed by atoms with van der Waals surface area (Å²) < 4.78 is 1.02. The third kappa shape index (κ3) is 2.39. The standard InChI is InChI=1S/C13H17BrN2O/c14-10-2-3-11(15-5-10)7-16-6-9-1-4-13(17)12(9)8-16/h2-3,5,9,12-13,17H,1,4,6-8H2. The van der Waals surface area contributed by atoms with Crippen molar-refractivity contribution in [1.82, 2.24) is 9.88 Å². The highest BCUT2D eigenvalue weighted by Crippen LogP contribution is 2.38. The first kappa shape index (κ1) is 11.6. The van der Waals surface area contributed by atoms with Crippen LogP contribution in [0.2, 0.25) is 0 Å². The molecule has 3 rings (SSSR count). The van der Waals surface area contributed by atoms with Gasteiger partial charge in [-0.05, 0) is 46.8 Å². The van der Waals surface area contributed by atoms with Crippen molar-refractivity contribution in [2.75, 3.05) is 13.1 Å². The zero-order valence-corrected chi connectivity index (χ0v) is 11.3. The second-order valence-corrected chi connectivity index (χ2v) is 6.15. The number of fused-ring (bicyclic) bond motifs is 1. The predicted molar refractivity (Wildman–Crippen MR) is 69.4 cm³/mol. The molecule has 1 N–H and O–H groups in total. The van der Waals surface area contributed by atoms with Crippen LogP contribution in [0, 0.1) is 11.8 Å². The van der Waals surface area contributed by atoms with Crippen LogP contribution >= 0.6 is 15.9 Å². The Bertz CT molecular complexity index is 395. The molecular formula is C13H17BrN2O. The fourth-order valence-electron chi connectivity index (χ4n) is 3.19. The van der Waals surface area contributed by atoms with E-state index in [0.717, 1.165) is 36.2 Å². The van der Waals surface area contributed by atoms with E-state index in [1.165, 1.54) is 6.42 Å². The van der Waals surface area contributed by atoms with Crippen molar-refractivity contribution in [1.29, 1.82) is 0 Å². The van der Waals surface area contributed by atoms with Crippen molar-refractivity contribution >= 4 is 15.9 Å². The summed E-state index contributed by atoms with van der Waals surface area (Å²) >= 11 is 3.40. The summed E-state index contributed by atoms with van der Waals surface area (Å²) in [5.41, 5.74) is 1.11. The van der Waals surface area contributed by atoms with Crippen LogP contribution in [-0.4, -0.2) is 34.2 Å². The van der Waals surface area contributed by atoms with Gasteiger partial charge in [0.1, 0.15) is 0 Å². The first-order valence-electron chi connectivity index (χ1n) is 6.23. The van der Waals surface area contributed by atoms with E-state index in [1.807, 2.05) is 12.3 Å². The average molecular weight is 297 g/mol. The smallest absolute Gasteiger partial charge is 0.0583 e. The van der Waals surface area contributed by atoms with E-state index in [0.29, 0.717) is 11.8 Å². The SMILES string of the molecule is OC1CCC2CN(Cc3ccc(Br)cn3)CC12. The highest BCUT2D eigenvalue weighted by Gasteiger charge is 2.41. The molecule has 3 atom stereocenters. The number of likely N-dealkylation sites (tertiary alicyclic amines) is 1. The second kappa shape index (κ2) is 4.67. The van der Waals surface area contributed by atoms with Gasteiger partial charge in [0, 0.05) is 36.2 Å². The van der Waals surface area contributed by atoms with Gasteiger partial charge in [-0.1, -0.05) is 0 Å². The van der Waals surface area contributed by atoms with E-state index in [1.54, 1.807) is 0 Å². The number of halogens is 1. The molecule has 0 bridgehead atoms. The van der Waals surface area contributed by atoms with Crippen molar-refractivity contribution in [2.24, 2.45) is 11.8 Å². The molecule has 17 heavy (non-hydrogen) atoms. The molecule has 1 saturated carbocycles. The molecule has 4 heteroatoms. The van der Waals surface area contributed by atoms with Gasteiger partial charge in [-0.25, -0.2) is 0 Å². The van der Waals surface area contributed by atoms with Gasteiger partial charge in [-0.15, -0.1) is 0 Å². The van der Waals surface area contributed by atoms with E-state index in [4.69, 9.17) is 0 Å². The molecule has 1 saturated heterocycles. The lowest BCUT2D eigenvalue weighted by molar-refractivity contribution is 0.123. The fraction of sp³-hybridized carbons (Fsp3) is 0.615. The Labute approximate surface area is 110 Å². The summed E-state index contributed by atoms with van der Waals surface area (Å²) in [6, 6.07) is 4.10. The lowest BCUT2D eigenvalue weighted by Gasteiger charge is -2.17. The number of hydrogen-bond donors (Lipinski definition) is 1. The number of aliphatic hydroxyl groups excluding tert-OH is 1. The van der Waals surface area contributed by atoms with E-state index in [2.05, 4.69) is 31.9 Å². The van der Waals surface area contributed by atoms with Gasteiger partial charge in [0.25, 0.3) is 0 Å². The minimum absolute atomic E-state index is 0.0668. The Kier molecular flexibility index (Phi) is 3.19. The highest BCUT2D eigenvalue weighted by molar-refractivity contribution is 9.10. The van der Waals surface area contributed by atoms with Crippen LogP contribution in [0.25, 0.3) is 0 Å². The normalized spacial score (nSPS) is 32.9. The number of aromatic nitrogens is 1. The molecule has 2 heterocycles. The Morgan fingerprint density at radius 3 is 2.94 bits per heavy atom. The van der Waals surface area contributed by atoms with Crippen molar-refractivity contribution < 1.29 is 5.11 Å². The lowest BCUT2D eigenvalue weighted by Crippen LogP contribution is -2.24. The maximum atomic E-state index is 9.87. The molecule has 0 amide bonds. The van der Waals surface area contributed by atoms with Gasteiger partial charge in [-0.2, -0.15) is 0 Å². The number of hydrogen-bond acceptors (Lipinski definition) is 3. The molecule has 3 unspecified atom stereocenters. The molecule has 1 aromatic rings. The van der Waals surface area contributed by atoms with Crippen LogP contribution in [0.4, 0.5) is 0 Å². The first-order valence-corrected chi connectivity index (χ1v) is 7.02. The first-order chi connectivity index (χ1) is 8.22. The third-order valence-electron chi connectivity index (χ3n) is 4.07. The Morgan fingerprint density at radius 1 is 1.35 bits per heavy atom. The minimum atomic E-state index is -0.0668.